The normalized spacial score (nSPS) is 11.3. The Labute approximate surface area is 144 Å². The van der Waals surface area contributed by atoms with Gasteiger partial charge in [0.1, 0.15) is 13.2 Å². The van der Waals surface area contributed by atoms with Crippen LogP contribution in [0.5, 0.6) is 5.75 Å². The molecule has 2 N–H and O–H groups in total. The van der Waals surface area contributed by atoms with Gasteiger partial charge in [-0.3, -0.25) is 4.79 Å². The van der Waals surface area contributed by atoms with Gasteiger partial charge in [-0.1, -0.05) is 42.5 Å². The molecule has 0 aliphatic heterocycles. The van der Waals surface area contributed by atoms with Gasteiger partial charge in [-0.05, 0) is 17.7 Å². The Morgan fingerprint density at radius 2 is 1.76 bits per heavy atom. The second-order valence-electron chi connectivity index (χ2n) is 5.12. The van der Waals surface area contributed by atoms with Crippen LogP contribution in [0, 0.1) is 5.82 Å². The van der Waals surface area contributed by atoms with E-state index in [-0.39, 0.29) is 18.9 Å². The molecule has 0 aliphatic rings. The Hall–Kier alpha value is -3.09. The van der Waals surface area contributed by atoms with Crippen molar-refractivity contribution < 1.29 is 23.5 Å². The van der Waals surface area contributed by atoms with E-state index < -0.39 is 23.9 Å². The first-order chi connectivity index (χ1) is 12.1. The zero-order valence-corrected chi connectivity index (χ0v) is 13.7. The minimum Gasteiger partial charge on any atom is -0.488 e. The molecule has 0 aliphatic carbocycles. The fraction of sp³-hybridized carbons (Fsp3) is 0.222. The van der Waals surface area contributed by atoms with Gasteiger partial charge in [-0.15, -0.1) is 0 Å². The number of carbonyl (C=O) groups excluding carboxylic acids is 2. The monoisotopic (exact) mass is 346 g/mol. The third-order valence-corrected chi connectivity index (χ3v) is 3.36. The first kappa shape index (κ1) is 18.3. The van der Waals surface area contributed by atoms with Crippen molar-refractivity contribution in [2.45, 2.75) is 6.04 Å². The van der Waals surface area contributed by atoms with Crippen LogP contribution in [0.25, 0.3) is 0 Å². The van der Waals surface area contributed by atoms with E-state index in [2.05, 4.69) is 15.4 Å². The highest BCUT2D eigenvalue weighted by atomic mass is 19.1. The van der Waals surface area contributed by atoms with E-state index in [0.717, 1.165) is 5.56 Å². The molecule has 0 saturated carbocycles. The summed E-state index contributed by atoms with van der Waals surface area (Å²) < 4.78 is 23.6. The predicted molar refractivity (Wildman–Crippen MR) is 89.6 cm³/mol. The number of methoxy groups -OCH3 is 1. The summed E-state index contributed by atoms with van der Waals surface area (Å²) in [6.07, 6.45) is -0.700. The summed E-state index contributed by atoms with van der Waals surface area (Å²) in [5.74, 6) is -0.797. The molecule has 7 heteroatoms. The van der Waals surface area contributed by atoms with Crippen LogP contribution in [-0.4, -0.2) is 32.3 Å². The Bertz CT molecular complexity index is 709. The molecule has 0 saturated heterocycles. The van der Waals surface area contributed by atoms with Crippen molar-refractivity contribution in [2.24, 2.45) is 0 Å². The van der Waals surface area contributed by atoms with E-state index in [0.29, 0.717) is 0 Å². The second kappa shape index (κ2) is 9.27. The van der Waals surface area contributed by atoms with Crippen LogP contribution in [0.15, 0.2) is 54.6 Å². The van der Waals surface area contributed by atoms with E-state index in [1.807, 2.05) is 30.3 Å². The Kier molecular flexibility index (Phi) is 6.76. The highest BCUT2D eigenvalue weighted by Gasteiger charge is 2.17. The number of ether oxygens (including phenoxy) is 2. The van der Waals surface area contributed by atoms with Gasteiger partial charge in [0.15, 0.2) is 11.6 Å². The lowest BCUT2D eigenvalue weighted by molar-refractivity contribution is -0.121. The standard InChI is InChI=1S/C18H19FN2O4/c1-24-18(23)20-11-17(22)21-15(13-7-3-2-4-8-13)12-25-16-10-6-5-9-14(16)19/h2-10,15H,11-12H2,1H3,(H,20,23)(H,21,22). The average molecular weight is 346 g/mol. The summed E-state index contributed by atoms with van der Waals surface area (Å²) in [4.78, 5) is 23.1. The number of benzene rings is 2. The predicted octanol–water partition coefficient (Wildman–Crippen LogP) is 2.42. The molecular weight excluding hydrogens is 327 g/mol. The average Bonchev–Trinajstić information content (AvgIpc) is 2.65. The van der Waals surface area contributed by atoms with Crippen LogP contribution in [0.3, 0.4) is 0 Å². The minimum absolute atomic E-state index is 0.0366. The smallest absolute Gasteiger partial charge is 0.407 e. The van der Waals surface area contributed by atoms with Crippen molar-refractivity contribution in [1.82, 2.24) is 10.6 Å². The van der Waals surface area contributed by atoms with Gasteiger partial charge < -0.3 is 20.1 Å². The molecule has 0 spiro atoms. The molecule has 0 fully saturated rings. The highest BCUT2D eigenvalue weighted by molar-refractivity contribution is 5.82. The quantitative estimate of drug-likeness (QED) is 0.807. The number of para-hydroxylation sites is 1. The van der Waals surface area contributed by atoms with Gasteiger partial charge in [0.05, 0.1) is 13.2 Å². The van der Waals surface area contributed by atoms with Gasteiger partial charge in [0, 0.05) is 0 Å². The number of rotatable bonds is 7. The van der Waals surface area contributed by atoms with Gasteiger partial charge in [-0.25, -0.2) is 9.18 Å². The summed E-state index contributed by atoms with van der Waals surface area (Å²) in [7, 11) is 1.21. The third kappa shape index (κ3) is 5.80. The van der Waals surface area contributed by atoms with Crippen molar-refractivity contribution >= 4 is 12.0 Å². The molecule has 25 heavy (non-hydrogen) atoms. The first-order valence-corrected chi connectivity index (χ1v) is 7.63. The van der Waals surface area contributed by atoms with Crippen LogP contribution < -0.4 is 15.4 Å². The molecule has 0 radical (unpaired) electrons. The van der Waals surface area contributed by atoms with Crippen LogP contribution in [0.2, 0.25) is 0 Å². The van der Waals surface area contributed by atoms with Crippen molar-refractivity contribution in [1.29, 1.82) is 0 Å². The topological polar surface area (TPSA) is 76.7 Å². The molecule has 1 atom stereocenters. The molecule has 2 amide bonds. The fourth-order valence-electron chi connectivity index (χ4n) is 2.11. The zero-order valence-electron chi connectivity index (χ0n) is 13.7. The Morgan fingerprint density at radius 1 is 1.08 bits per heavy atom. The fourth-order valence-corrected chi connectivity index (χ4v) is 2.11. The molecule has 2 aromatic rings. The summed E-state index contributed by atoms with van der Waals surface area (Å²) in [6.45, 7) is -0.204. The van der Waals surface area contributed by atoms with Crippen LogP contribution in [0.1, 0.15) is 11.6 Å². The molecule has 2 rings (SSSR count). The number of amides is 2. The van der Waals surface area contributed by atoms with Crippen molar-refractivity contribution in [2.75, 3.05) is 20.3 Å². The maximum absolute atomic E-state index is 13.7. The number of nitrogens with one attached hydrogen (secondary N) is 2. The largest absolute Gasteiger partial charge is 0.488 e. The molecule has 6 nitrogen and oxygen atoms in total. The highest BCUT2D eigenvalue weighted by Crippen LogP contribution is 2.19. The summed E-state index contributed by atoms with van der Waals surface area (Å²) in [6, 6.07) is 14.7. The van der Waals surface area contributed by atoms with E-state index >= 15 is 0 Å². The molecule has 0 heterocycles. The lowest BCUT2D eigenvalue weighted by atomic mass is 10.1. The summed E-state index contributed by atoms with van der Waals surface area (Å²) in [5, 5.41) is 5.04. The summed E-state index contributed by atoms with van der Waals surface area (Å²) >= 11 is 0. The molecular formula is C18H19FN2O4. The van der Waals surface area contributed by atoms with E-state index in [4.69, 9.17) is 4.74 Å². The van der Waals surface area contributed by atoms with E-state index in [1.54, 1.807) is 12.1 Å². The molecule has 1 unspecified atom stereocenters. The van der Waals surface area contributed by atoms with Crippen molar-refractivity contribution in [3.05, 3.63) is 66.0 Å². The van der Waals surface area contributed by atoms with Crippen LogP contribution >= 0.6 is 0 Å². The maximum Gasteiger partial charge on any atom is 0.407 e. The number of carbonyl (C=O) groups is 2. The van der Waals surface area contributed by atoms with Gasteiger partial charge in [-0.2, -0.15) is 0 Å². The van der Waals surface area contributed by atoms with Crippen molar-refractivity contribution in [3.8, 4) is 5.75 Å². The zero-order chi connectivity index (χ0) is 18.1. The van der Waals surface area contributed by atoms with E-state index in [1.165, 1.54) is 19.2 Å². The van der Waals surface area contributed by atoms with Gasteiger partial charge in [0.2, 0.25) is 5.91 Å². The molecule has 0 aromatic heterocycles. The second-order valence-corrected chi connectivity index (χ2v) is 5.12. The number of halogens is 1. The lowest BCUT2D eigenvalue weighted by Gasteiger charge is -2.20. The van der Waals surface area contributed by atoms with Crippen molar-refractivity contribution in [3.63, 3.8) is 0 Å². The van der Waals surface area contributed by atoms with E-state index in [9.17, 15) is 14.0 Å². The summed E-state index contributed by atoms with van der Waals surface area (Å²) in [5.41, 5.74) is 0.797. The van der Waals surface area contributed by atoms with Gasteiger partial charge >= 0.3 is 6.09 Å². The Morgan fingerprint density at radius 3 is 2.44 bits per heavy atom. The SMILES string of the molecule is COC(=O)NCC(=O)NC(COc1ccccc1F)c1ccccc1. The number of hydrogen-bond acceptors (Lipinski definition) is 4. The van der Waals surface area contributed by atoms with Gasteiger partial charge in [0.25, 0.3) is 0 Å². The Balaban J connectivity index is 2.02. The molecule has 132 valence electrons. The molecule has 0 bridgehead atoms. The number of alkyl carbamates (subject to hydrolysis) is 1. The number of hydrogen-bond donors (Lipinski definition) is 2. The maximum atomic E-state index is 13.7. The van der Waals surface area contributed by atoms with Crippen LogP contribution in [0.4, 0.5) is 9.18 Å². The van der Waals surface area contributed by atoms with Crippen LogP contribution in [-0.2, 0) is 9.53 Å². The minimum atomic E-state index is -0.700. The lowest BCUT2D eigenvalue weighted by Crippen LogP contribution is -2.40. The molecule has 2 aromatic carbocycles. The third-order valence-electron chi connectivity index (χ3n) is 3.36. The first-order valence-electron chi connectivity index (χ1n) is 7.63.